The van der Waals surface area contributed by atoms with Crippen LogP contribution in [0.15, 0.2) is 48.5 Å². The average Bonchev–Trinajstić information content (AvgIpc) is 3.11. The van der Waals surface area contributed by atoms with E-state index in [2.05, 4.69) is 29.6 Å². The first-order valence-electron chi connectivity index (χ1n) is 11.1. The van der Waals surface area contributed by atoms with Crippen LogP contribution in [0.3, 0.4) is 0 Å². The summed E-state index contributed by atoms with van der Waals surface area (Å²) in [5.41, 5.74) is 4.62. The van der Waals surface area contributed by atoms with Crippen LogP contribution < -0.4 is 5.32 Å². The minimum absolute atomic E-state index is 0.00941. The summed E-state index contributed by atoms with van der Waals surface area (Å²) >= 11 is 0. The largest absolute Gasteiger partial charge is 0.481 e. The predicted octanol–water partition coefficient (Wildman–Crippen LogP) is 3.25. The topological polar surface area (TPSA) is 105 Å². The molecule has 0 bridgehead atoms. The molecule has 0 fully saturated rings. The first-order chi connectivity index (χ1) is 15.9. The van der Waals surface area contributed by atoms with Crippen molar-refractivity contribution in [2.75, 3.05) is 32.9 Å². The third-order valence-electron chi connectivity index (χ3n) is 5.60. The van der Waals surface area contributed by atoms with Gasteiger partial charge in [0.15, 0.2) is 0 Å². The first-order valence-corrected chi connectivity index (χ1v) is 11.1. The molecule has 1 aliphatic rings. The molecule has 8 nitrogen and oxygen atoms in total. The Labute approximate surface area is 193 Å². The van der Waals surface area contributed by atoms with Gasteiger partial charge in [0, 0.05) is 25.0 Å². The first kappa shape index (κ1) is 24.3. The van der Waals surface area contributed by atoms with E-state index >= 15 is 0 Å². The van der Waals surface area contributed by atoms with E-state index in [9.17, 15) is 14.4 Å². The van der Waals surface area contributed by atoms with Gasteiger partial charge in [0.2, 0.25) is 5.91 Å². The highest BCUT2D eigenvalue weighted by molar-refractivity contribution is 5.79. The molecule has 176 valence electrons. The molecule has 8 heteroatoms. The summed E-state index contributed by atoms with van der Waals surface area (Å²) in [4.78, 5) is 36.6. The highest BCUT2D eigenvalue weighted by Crippen LogP contribution is 2.44. The maximum Gasteiger partial charge on any atom is 0.407 e. The summed E-state index contributed by atoms with van der Waals surface area (Å²) in [6, 6.07) is 16.1. The summed E-state index contributed by atoms with van der Waals surface area (Å²) in [6.45, 7) is 4.15. The Morgan fingerprint density at radius 1 is 1.03 bits per heavy atom. The van der Waals surface area contributed by atoms with Gasteiger partial charge in [0.05, 0.1) is 13.0 Å². The van der Waals surface area contributed by atoms with Gasteiger partial charge in [-0.3, -0.25) is 9.59 Å². The van der Waals surface area contributed by atoms with Gasteiger partial charge in [0.1, 0.15) is 13.2 Å². The molecule has 0 saturated heterocycles. The molecule has 0 unspecified atom stereocenters. The van der Waals surface area contributed by atoms with Gasteiger partial charge in [-0.05, 0) is 36.1 Å². The van der Waals surface area contributed by atoms with Crippen LogP contribution >= 0.6 is 0 Å². The lowest BCUT2D eigenvalue weighted by Crippen LogP contribution is -2.41. The normalized spacial score (nSPS) is 12.2. The maximum absolute atomic E-state index is 12.2. The molecule has 0 heterocycles. The van der Waals surface area contributed by atoms with E-state index in [0.29, 0.717) is 0 Å². The van der Waals surface area contributed by atoms with Gasteiger partial charge in [-0.15, -0.1) is 0 Å². The number of benzene rings is 2. The van der Waals surface area contributed by atoms with Gasteiger partial charge in [-0.2, -0.15) is 0 Å². The number of rotatable bonds is 11. The molecular weight excluding hydrogens is 424 g/mol. The zero-order valence-electron chi connectivity index (χ0n) is 19.0. The number of nitrogens with zero attached hydrogens (tertiary/aromatic N) is 1. The number of hydrogen-bond donors (Lipinski definition) is 2. The fourth-order valence-electron chi connectivity index (χ4n) is 4.00. The minimum atomic E-state index is -0.957. The molecule has 0 radical (unpaired) electrons. The van der Waals surface area contributed by atoms with Crippen LogP contribution in [0.2, 0.25) is 0 Å². The average molecular weight is 455 g/mol. The van der Waals surface area contributed by atoms with Crippen molar-refractivity contribution in [1.82, 2.24) is 10.2 Å². The third kappa shape index (κ3) is 6.32. The molecule has 2 aromatic carbocycles. The van der Waals surface area contributed by atoms with Crippen molar-refractivity contribution in [2.45, 2.75) is 32.2 Å². The van der Waals surface area contributed by atoms with E-state index in [1.807, 2.05) is 38.1 Å². The SMILES string of the molecule is CC(C)N(CCC(=O)O)C(=O)COCCNC(=O)OCC1c2ccccc2-c2ccccc21. The zero-order chi connectivity index (χ0) is 23.8. The second-order valence-corrected chi connectivity index (χ2v) is 8.13. The van der Waals surface area contributed by atoms with Gasteiger partial charge >= 0.3 is 12.1 Å². The van der Waals surface area contributed by atoms with Crippen molar-refractivity contribution in [3.63, 3.8) is 0 Å². The lowest BCUT2D eigenvalue weighted by atomic mass is 9.98. The molecular formula is C25H30N2O6. The fourth-order valence-corrected chi connectivity index (χ4v) is 4.00. The molecule has 0 spiro atoms. The third-order valence-corrected chi connectivity index (χ3v) is 5.60. The van der Waals surface area contributed by atoms with Gasteiger partial charge in [-0.25, -0.2) is 4.79 Å². The number of carboxylic acid groups (broad SMARTS) is 1. The molecule has 33 heavy (non-hydrogen) atoms. The number of amides is 2. The number of carbonyl (C=O) groups excluding carboxylic acids is 2. The second-order valence-electron chi connectivity index (χ2n) is 8.13. The van der Waals surface area contributed by atoms with E-state index in [1.165, 1.54) is 16.0 Å². The Balaban J connectivity index is 1.39. The lowest BCUT2D eigenvalue weighted by molar-refractivity contribution is -0.141. The number of aliphatic carboxylic acids is 1. The Hall–Kier alpha value is -3.39. The Morgan fingerprint density at radius 3 is 2.21 bits per heavy atom. The van der Waals surface area contributed by atoms with Crippen LogP contribution in [0, 0.1) is 0 Å². The van der Waals surface area contributed by atoms with Crippen molar-refractivity contribution in [1.29, 1.82) is 0 Å². The fraction of sp³-hybridized carbons (Fsp3) is 0.400. The predicted molar refractivity (Wildman–Crippen MR) is 123 cm³/mol. The summed E-state index contributed by atoms with van der Waals surface area (Å²) in [5.74, 6) is -1.25. The van der Waals surface area contributed by atoms with E-state index in [-0.39, 0.29) is 57.2 Å². The monoisotopic (exact) mass is 454 g/mol. The molecule has 0 aliphatic heterocycles. The molecule has 2 amide bonds. The van der Waals surface area contributed by atoms with E-state index in [1.54, 1.807) is 0 Å². The van der Waals surface area contributed by atoms with Crippen molar-refractivity contribution in [2.24, 2.45) is 0 Å². The molecule has 0 atom stereocenters. The van der Waals surface area contributed by atoms with E-state index in [4.69, 9.17) is 14.6 Å². The van der Waals surface area contributed by atoms with Gasteiger partial charge in [-0.1, -0.05) is 48.5 Å². The van der Waals surface area contributed by atoms with Crippen LogP contribution in [-0.4, -0.2) is 66.9 Å². The number of fused-ring (bicyclic) bond motifs is 3. The zero-order valence-corrected chi connectivity index (χ0v) is 19.0. The Kier molecular flexibility index (Phi) is 8.43. The van der Waals surface area contributed by atoms with Crippen LogP contribution in [0.4, 0.5) is 4.79 Å². The summed E-state index contributed by atoms with van der Waals surface area (Å²) < 4.78 is 10.8. The molecule has 2 aromatic rings. The van der Waals surface area contributed by atoms with Crippen LogP contribution in [-0.2, 0) is 19.1 Å². The summed E-state index contributed by atoms with van der Waals surface area (Å²) in [5, 5.41) is 11.4. The highest BCUT2D eigenvalue weighted by atomic mass is 16.5. The Morgan fingerprint density at radius 2 is 1.64 bits per heavy atom. The number of hydrogen-bond acceptors (Lipinski definition) is 5. The quantitative estimate of drug-likeness (QED) is 0.505. The number of nitrogens with one attached hydrogen (secondary N) is 1. The summed E-state index contributed by atoms with van der Waals surface area (Å²) in [7, 11) is 0. The number of carboxylic acids is 1. The molecule has 1 aliphatic carbocycles. The van der Waals surface area contributed by atoms with Crippen molar-refractivity contribution in [3.05, 3.63) is 59.7 Å². The van der Waals surface area contributed by atoms with Gasteiger partial charge < -0.3 is 24.8 Å². The molecule has 2 N–H and O–H groups in total. The van der Waals surface area contributed by atoms with Crippen LogP contribution in [0.1, 0.15) is 37.3 Å². The number of ether oxygens (including phenoxy) is 2. The van der Waals surface area contributed by atoms with E-state index in [0.717, 1.165) is 11.1 Å². The van der Waals surface area contributed by atoms with Gasteiger partial charge in [0.25, 0.3) is 0 Å². The van der Waals surface area contributed by atoms with Crippen molar-refractivity contribution < 1.29 is 29.0 Å². The van der Waals surface area contributed by atoms with Crippen molar-refractivity contribution >= 4 is 18.0 Å². The number of carbonyl (C=O) groups is 3. The Bertz CT molecular complexity index is 945. The standard InChI is InChI=1S/C25H30N2O6/c1-17(2)27(13-11-24(29)30)23(28)16-32-14-12-26-25(31)33-15-22-20-9-5-3-7-18(20)19-8-4-6-10-21(19)22/h3-10,17,22H,11-16H2,1-2H3,(H,26,31)(H,29,30). The number of alkyl carbamates (subject to hydrolysis) is 1. The van der Waals surface area contributed by atoms with E-state index < -0.39 is 12.1 Å². The smallest absolute Gasteiger partial charge is 0.407 e. The lowest BCUT2D eigenvalue weighted by Gasteiger charge is -2.26. The minimum Gasteiger partial charge on any atom is -0.481 e. The molecule has 3 rings (SSSR count). The molecule has 0 aromatic heterocycles. The second kappa shape index (κ2) is 11.5. The maximum atomic E-state index is 12.2. The van der Waals surface area contributed by atoms with Crippen LogP contribution in [0.5, 0.6) is 0 Å². The van der Waals surface area contributed by atoms with Crippen LogP contribution in [0.25, 0.3) is 11.1 Å². The van der Waals surface area contributed by atoms with Crippen molar-refractivity contribution in [3.8, 4) is 11.1 Å². The highest BCUT2D eigenvalue weighted by Gasteiger charge is 2.29. The molecule has 0 saturated carbocycles. The summed E-state index contributed by atoms with van der Waals surface area (Å²) in [6.07, 6.45) is -0.662.